The number of nitrogens with zero attached hydrogens (tertiary/aromatic N) is 2. The lowest BCUT2D eigenvalue weighted by atomic mass is 10.4. The summed E-state index contributed by atoms with van der Waals surface area (Å²) in [6, 6.07) is 0.119. The van der Waals surface area contributed by atoms with Crippen LogP contribution in [0.25, 0.3) is 0 Å². The maximum atomic E-state index is 11.5. The van der Waals surface area contributed by atoms with Crippen molar-refractivity contribution in [3.63, 3.8) is 0 Å². The molecule has 5 nitrogen and oxygen atoms in total. The fourth-order valence-corrected chi connectivity index (χ4v) is 1.61. The number of rotatable bonds is 5. The van der Waals surface area contributed by atoms with Gasteiger partial charge in [0.2, 0.25) is 10.1 Å². The Kier molecular flexibility index (Phi) is 4.48. The quantitative estimate of drug-likeness (QED) is 0.801. The molecule has 0 bridgehead atoms. The van der Waals surface area contributed by atoms with Gasteiger partial charge in [-0.05, 0) is 20.3 Å². The normalized spacial score (nSPS) is 10.4. The van der Waals surface area contributed by atoms with Crippen molar-refractivity contribution in [1.29, 1.82) is 0 Å². The number of nitrogens with one attached hydrogen (secondary N) is 2. The highest BCUT2D eigenvalue weighted by Gasteiger charge is 2.12. The van der Waals surface area contributed by atoms with E-state index in [0.29, 0.717) is 10.1 Å². The van der Waals surface area contributed by atoms with Crippen LogP contribution in [0.2, 0.25) is 0 Å². The van der Waals surface area contributed by atoms with E-state index in [1.54, 1.807) is 0 Å². The summed E-state index contributed by atoms with van der Waals surface area (Å²) in [5.74, 6) is -0.160. The van der Waals surface area contributed by atoms with Crippen molar-refractivity contribution in [3.8, 4) is 0 Å². The van der Waals surface area contributed by atoms with Crippen molar-refractivity contribution in [2.45, 2.75) is 33.2 Å². The van der Waals surface area contributed by atoms with Crippen LogP contribution in [0.1, 0.15) is 37.0 Å². The fraction of sp³-hybridized carbons (Fsp3) is 0.667. The molecule has 0 saturated carbocycles. The minimum atomic E-state index is -0.160. The molecule has 0 aliphatic rings. The van der Waals surface area contributed by atoms with E-state index in [9.17, 15) is 4.79 Å². The molecule has 84 valence electrons. The van der Waals surface area contributed by atoms with Crippen LogP contribution in [-0.4, -0.2) is 28.7 Å². The van der Waals surface area contributed by atoms with E-state index in [2.05, 4.69) is 27.8 Å². The van der Waals surface area contributed by atoms with Crippen molar-refractivity contribution in [2.24, 2.45) is 0 Å². The second-order valence-electron chi connectivity index (χ2n) is 3.47. The summed E-state index contributed by atoms with van der Waals surface area (Å²) in [5, 5.41) is 14.7. The summed E-state index contributed by atoms with van der Waals surface area (Å²) in [7, 11) is 0. The fourth-order valence-electron chi connectivity index (χ4n) is 0.942. The SMILES string of the molecule is CCCNc1nnc(C(=O)NC(C)C)s1. The summed E-state index contributed by atoms with van der Waals surface area (Å²) in [5.41, 5.74) is 0. The van der Waals surface area contributed by atoms with E-state index in [-0.39, 0.29) is 11.9 Å². The number of carbonyl (C=O) groups excluding carboxylic acids is 1. The van der Waals surface area contributed by atoms with Gasteiger partial charge in [-0.1, -0.05) is 18.3 Å². The van der Waals surface area contributed by atoms with Gasteiger partial charge in [0.25, 0.3) is 5.91 Å². The number of anilines is 1. The average Bonchev–Trinajstić information content (AvgIpc) is 2.62. The molecular weight excluding hydrogens is 212 g/mol. The molecule has 0 radical (unpaired) electrons. The zero-order chi connectivity index (χ0) is 11.3. The first-order chi connectivity index (χ1) is 7.13. The Labute approximate surface area is 93.3 Å². The lowest BCUT2D eigenvalue weighted by Gasteiger charge is -2.04. The Morgan fingerprint density at radius 2 is 2.20 bits per heavy atom. The predicted octanol–water partition coefficient (Wildman–Crippen LogP) is 1.50. The Morgan fingerprint density at radius 1 is 1.47 bits per heavy atom. The third-order valence-electron chi connectivity index (χ3n) is 1.57. The monoisotopic (exact) mass is 228 g/mol. The highest BCUT2D eigenvalue weighted by Crippen LogP contribution is 2.14. The predicted molar refractivity (Wildman–Crippen MR) is 61.3 cm³/mol. The van der Waals surface area contributed by atoms with Gasteiger partial charge in [0.1, 0.15) is 0 Å². The van der Waals surface area contributed by atoms with Gasteiger partial charge < -0.3 is 10.6 Å². The van der Waals surface area contributed by atoms with E-state index in [1.807, 2.05) is 13.8 Å². The molecule has 0 aliphatic carbocycles. The number of hydrogen-bond acceptors (Lipinski definition) is 5. The molecular formula is C9H16N4OS. The summed E-state index contributed by atoms with van der Waals surface area (Å²) >= 11 is 1.28. The maximum Gasteiger partial charge on any atom is 0.282 e. The number of amides is 1. The average molecular weight is 228 g/mol. The van der Waals surface area contributed by atoms with Crippen molar-refractivity contribution in [2.75, 3.05) is 11.9 Å². The summed E-state index contributed by atoms with van der Waals surface area (Å²) < 4.78 is 0. The van der Waals surface area contributed by atoms with Crippen molar-refractivity contribution in [3.05, 3.63) is 5.01 Å². The van der Waals surface area contributed by atoms with Crippen LogP contribution in [0.5, 0.6) is 0 Å². The first-order valence-electron chi connectivity index (χ1n) is 5.01. The molecule has 2 N–H and O–H groups in total. The zero-order valence-corrected chi connectivity index (χ0v) is 10.0. The molecule has 6 heteroatoms. The molecule has 1 heterocycles. The van der Waals surface area contributed by atoms with E-state index in [0.717, 1.165) is 13.0 Å². The highest BCUT2D eigenvalue weighted by atomic mass is 32.1. The van der Waals surface area contributed by atoms with Crippen molar-refractivity contribution < 1.29 is 4.79 Å². The first kappa shape index (κ1) is 11.9. The zero-order valence-electron chi connectivity index (χ0n) is 9.20. The summed E-state index contributed by atoms with van der Waals surface area (Å²) in [6.07, 6.45) is 1.02. The molecule has 0 atom stereocenters. The lowest BCUT2D eigenvalue weighted by Crippen LogP contribution is -2.29. The van der Waals surface area contributed by atoms with E-state index >= 15 is 0 Å². The van der Waals surface area contributed by atoms with Crippen LogP contribution in [0, 0.1) is 0 Å². The molecule has 1 aromatic rings. The van der Waals surface area contributed by atoms with E-state index in [4.69, 9.17) is 0 Å². The Hall–Kier alpha value is -1.17. The molecule has 0 aromatic carbocycles. The Morgan fingerprint density at radius 3 is 2.80 bits per heavy atom. The summed E-state index contributed by atoms with van der Waals surface area (Å²) in [6.45, 7) is 6.74. The maximum absolute atomic E-state index is 11.5. The van der Waals surface area contributed by atoms with Crippen LogP contribution in [0.3, 0.4) is 0 Å². The van der Waals surface area contributed by atoms with Gasteiger partial charge in [0, 0.05) is 12.6 Å². The summed E-state index contributed by atoms with van der Waals surface area (Å²) in [4.78, 5) is 11.5. The molecule has 0 fully saturated rings. The largest absolute Gasteiger partial charge is 0.360 e. The number of hydrogen-bond donors (Lipinski definition) is 2. The number of aromatic nitrogens is 2. The first-order valence-corrected chi connectivity index (χ1v) is 5.83. The van der Waals surface area contributed by atoms with Gasteiger partial charge in [0.05, 0.1) is 0 Å². The molecule has 0 saturated heterocycles. The van der Waals surface area contributed by atoms with Crippen LogP contribution < -0.4 is 10.6 Å². The Bertz CT molecular complexity index is 324. The van der Waals surface area contributed by atoms with Gasteiger partial charge in [-0.2, -0.15) is 0 Å². The van der Waals surface area contributed by atoms with Gasteiger partial charge in [-0.25, -0.2) is 0 Å². The molecule has 0 unspecified atom stereocenters. The van der Waals surface area contributed by atoms with Gasteiger partial charge >= 0.3 is 0 Å². The van der Waals surface area contributed by atoms with Crippen LogP contribution in [0.15, 0.2) is 0 Å². The topological polar surface area (TPSA) is 66.9 Å². The van der Waals surface area contributed by atoms with E-state index in [1.165, 1.54) is 11.3 Å². The van der Waals surface area contributed by atoms with Crippen LogP contribution >= 0.6 is 11.3 Å². The number of carbonyl (C=O) groups is 1. The molecule has 15 heavy (non-hydrogen) atoms. The molecule has 0 aliphatic heterocycles. The molecule has 1 rings (SSSR count). The second kappa shape index (κ2) is 5.65. The molecule has 0 spiro atoms. The van der Waals surface area contributed by atoms with Crippen LogP contribution in [0.4, 0.5) is 5.13 Å². The van der Waals surface area contributed by atoms with E-state index < -0.39 is 0 Å². The van der Waals surface area contributed by atoms with Crippen LogP contribution in [-0.2, 0) is 0 Å². The standard InChI is InChI=1S/C9H16N4OS/c1-4-5-10-9-13-12-8(15-9)7(14)11-6(2)3/h6H,4-5H2,1-3H3,(H,10,13)(H,11,14). The molecule has 1 amide bonds. The van der Waals surface area contributed by atoms with Crippen molar-refractivity contribution in [1.82, 2.24) is 15.5 Å². The van der Waals surface area contributed by atoms with Gasteiger partial charge in [0.15, 0.2) is 0 Å². The third kappa shape index (κ3) is 3.83. The second-order valence-corrected chi connectivity index (χ2v) is 4.44. The van der Waals surface area contributed by atoms with Gasteiger partial charge in [-0.3, -0.25) is 4.79 Å². The lowest BCUT2D eigenvalue weighted by molar-refractivity contribution is 0.0942. The minimum Gasteiger partial charge on any atom is -0.360 e. The Balaban J connectivity index is 2.55. The molecule has 1 aromatic heterocycles. The van der Waals surface area contributed by atoms with Gasteiger partial charge in [-0.15, -0.1) is 10.2 Å². The minimum absolute atomic E-state index is 0.119. The highest BCUT2D eigenvalue weighted by molar-refractivity contribution is 7.17. The third-order valence-corrected chi connectivity index (χ3v) is 2.44. The van der Waals surface area contributed by atoms with Crippen molar-refractivity contribution >= 4 is 22.4 Å². The smallest absolute Gasteiger partial charge is 0.282 e.